The Morgan fingerprint density at radius 2 is 1.84 bits per heavy atom. The van der Waals surface area contributed by atoms with Gasteiger partial charge in [-0.2, -0.15) is 5.10 Å². The summed E-state index contributed by atoms with van der Waals surface area (Å²) in [7, 11) is 1.96. The van der Waals surface area contributed by atoms with Crippen molar-refractivity contribution >= 4 is 5.91 Å². The summed E-state index contributed by atoms with van der Waals surface area (Å²) in [5.74, 6) is 0.805. The molecular formula is C19H30N4O2. The number of carbonyl (C=O) groups excluding carboxylic acids is 1. The van der Waals surface area contributed by atoms with E-state index in [0.717, 1.165) is 64.0 Å². The molecule has 138 valence electrons. The van der Waals surface area contributed by atoms with Gasteiger partial charge in [-0.15, -0.1) is 0 Å². The topological polar surface area (TPSA) is 58.4 Å². The molecule has 2 aliphatic rings. The van der Waals surface area contributed by atoms with E-state index in [1.54, 1.807) is 16.8 Å². The van der Waals surface area contributed by atoms with Crippen LogP contribution in [0.3, 0.4) is 0 Å². The summed E-state index contributed by atoms with van der Waals surface area (Å²) >= 11 is 0. The smallest absolute Gasteiger partial charge is 0.266 e. The number of aromatic nitrogens is 2. The molecule has 0 N–H and O–H groups in total. The number of nitrogens with zero attached hydrogens (tertiary/aromatic N) is 4. The van der Waals surface area contributed by atoms with Crippen LogP contribution < -0.4 is 5.56 Å². The van der Waals surface area contributed by atoms with Crippen molar-refractivity contribution in [2.45, 2.75) is 58.0 Å². The van der Waals surface area contributed by atoms with Crippen molar-refractivity contribution in [3.05, 3.63) is 28.2 Å². The number of carbonyl (C=O) groups is 1. The van der Waals surface area contributed by atoms with Gasteiger partial charge in [-0.3, -0.25) is 9.59 Å². The number of aryl methyl sites for hydroxylation is 1. The lowest BCUT2D eigenvalue weighted by atomic mass is 9.96. The van der Waals surface area contributed by atoms with Crippen molar-refractivity contribution in [2.24, 2.45) is 5.92 Å². The molecule has 1 unspecified atom stereocenters. The highest BCUT2D eigenvalue weighted by atomic mass is 16.2. The van der Waals surface area contributed by atoms with Crippen LogP contribution in [0, 0.1) is 12.8 Å². The van der Waals surface area contributed by atoms with Crippen molar-refractivity contribution in [3.8, 4) is 0 Å². The van der Waals surface area contributed by atoms with Crippen LogP contribution in [0.4, 0.5) is 0 Å². The van der Waals surface area contributed by atoms with E-state index in [9.17, 15) is 9.59 Å². The highest BCUT2D eigenvalue weighted by Gasteiger charge is 2.27. The summed E-state index contributed by atoms with van der Waals surface area (Å²) < 4.78 is 1.62. The predicted octanol–water partition coefficient (Wildman–Crippen LogP) is 1.66. The molecule has 0 saturated carbocycles. The minimum absolute atomic E-state index is 0.00776. The number of hydrogen-bond donors (Lipinski definition) is 0. The lowest BCUT2D eigenvalue weighted by Crippen LogP contribution is -2.46. The molecule has 25 heavy (non-hydrogen) atoms. The first-order valence-corrected chi connectivity index (χ1v) is 9.55. The zero-order chi connectivity index (χ0) is 17.8. The fraction of sp³-hybridized carbons (Fsp3) is 0.737. The third kappa shape index (κ3) is 4.69. The normalized spacial score (nSPS) is 23.7. The highest BCUT2D eigenvalue weighted by Crippen LogP contribution is 2.22. The Morgan fingerprint density at radius 1 is 1.08 bits per heavy atom. The summed E-state index contributed by atoms with van der Waals surface area (Å²) in [5, 5.41) is 4.35. The summed E-state index contributed by atoms with van der Waals surface area (Å²) in [5.41, 5.74) is 0.879. The molecule has 1 atom stereocenters. The Balaban J connectivity index is 1.51. The Labute approximate surface area is 149 Å². The summed E-state index contributed by atoms with van der Waals surface area (Å²) in [6, 6.07) is 3.73. The molecule has 0 aromatic carbocycles. The van der Waals surface area contributed by atoms with Crippen LogP contribution in [-0.2, 0) is 11.3 Å². The lowest BCUT2D eigenvalue weighted by molar-refractivity contribution is -0.131. The van der Waals surface area contributed by atoms with Gasteiger partial charge in [0.05, 0.1) is 5.69 Å². The maximum absolute atomic E-state index is 12.0. The Morgan fingerprint density at radius 3 is 2.60 bits per heavy atom. The highest BCUT2D eigenvalue weighted by molar-refractivity contribution is 5.76. The lowest BCUT2D eigenvalue weighted by Gasteiger charge is -2.36. The quantitative estimate of drug-likeness (QED) is 0.832. The third-order valence-corrected chi connectivity index (χ3v) is 5.73. The Hall–Kier alpha value is -1.69. The number of piperidine rings is 1. The first kappa shape index (κ1) is 18.1. The third-order valence-electron chi connectivity index (χ3n) is 5.73. The molecule has 3 heterocycles. The van der Waals surface area contributed by atoms with E-state index in [2.05, 4.69) is 10.00 Å². The van der Waals surface area contributed by atoms with Gasteiger partial charge in [0, 0.05) is 38.7 Å². The minimum Gasteiger partial charge on any atom is -0.341 e. The Bertz CT molecular complexity index is 649. The van der Waals surface area contributed by atoms with Gasteiger partial charge in [0.15, 0.2) is 0 Å². The fourth-order valence-corrected chi connectivity index (χ4v) is 4.02. The second kappa shape index (κ2) is 8.13. The van der Waals surface area contributed by atoms with Crippen LogP contribution in [0.1, 0.15) is 44.2 Å². The van der Waals surface area contributed by atoms with Crippen LogP contribution in [0.25, 0.3) is 0 Å². The van der Waals surface area contributed by atoms with Crippen LogP contribution in [0.15, 0.2) is 16.9 Å². The van der Waals surface area contributed by atoms with Gasteiger partial charge in [0.2, 0.25) is 5.91 Å². The molecule has 1 amide bonds. The molecule has 2 fully saturated rings. The molecule has 2 aliphatic heterocycles. The minimum atomic E-state index is -0.00776. The van der Waals surface area contributed by atoms with Gasteiger partial charge in [0.25, 0.3) is 5.56 Å². The number of amides is 1. The van der Waals surface area contributed by atoms with Crippen LogP contribution >= 0.6 is 0 Å². The maximum atomic E-state index is 12.0. The van der Waals surface area contributed by atoms with E-state index in [-0.39, 0.29) is 5.56 Å². The summed E-state index contributed by atoms with van der Waals surface area (Å²) in [6.07, 6.45) is 6.18. The van der Waals surface area contributed by atoms with Crippen LogP contribution in [0.5, 0.6) is 0 Å². The SMILES string of the molecule is Cc1ccc(=O)n(CC2CCN(CC3CCCCC(=O)N3C)CC2)n1. The van der Waals surface area contributed by atoms with Crippen molar-refractivity contribution in [3.63, 3.8) is 0 Å². The first-order valence-electron chi connectivity index (χ1n) is 9.55. The molecule has 2 saturated heterocycles. The number of likely N-dealkylation sites (tertiary alicyclic amines) is 2. The van der Waals surface area contributed by atoms with Crippen LogP contribution in [-0.4, -0.2) is 58.2 Å². The monoisotopic (exact) mass is 346 g/mol. The second-order valence-electron chi connectivity index (χ2n) is 7.64. The van der Waals surface area contributed by atoms with Gasteiger partial charge in [0.1, 0.15) is 0 Å². The molecule has 0 aliphatic carbocycles. The molecule has 1 aromatic heterocycles. The first-order chi connectivity index (χ1) is 12.0. The average Bonchev–Trinajstić information content (AvgIpc) is 2.75. The zero-order valence-electron chi connectivity index (χ0n) is 15.5. The molecule has 6 heteroatoms. The van der Waals surface area contributed by atoms with E-state index in [1.807, 2.05) is 18.9 Å². The second-order valence-corrected chi connectivity index (χ2v) is 7.64. The maximum Gasteiger partial charge on any atom is 0.266 e. The molecule has 0 spiro atoms. The predicted molar refractivity (Wildman–Crippen MR) is 97.4 cm³/mol. The average molecular weight is 346 g/mol. The standard InChI is InChI=1S/C19H30N4O2/c1-15-7-8-19(25)23(20-15)13-16-9-11-22(12-10-16)14-17-5-3-4-6-18(24)21(17)2/h7-8,16-17H,3-6,9-14H2,1-2H3. The van der Waals surface area contributed by atoms with Crippen molar-refractivity contribution in [1.82, 2.24) is 19.6 Å². The van der Waals surface area contributed by atoms with Gasteiger partial charge < -0.3 is 9.80 Å². The van der Waals surface area contributed by atoms with E-state index in [1.165, 1.54) is 0 Å². The zero-order valence-corrected chi connectivity index (χ0v) is 15.5. The van der Waals surface area contributed by atoms with E-state index in [4.69, 9.17) is 0 Å². The Kier molecular flexibility index (Phi) is 5.89. The van der Waals surface area contributed by atoms with Crippen molar-refractivity contribution < 1.29 is 4.79 Å². The number of likely N-dealkylation sites (N-methyl/N-ethyl adjacent to an activating group) is 1. The van der Waals surface area contributed by atoms with E-state index >= 15 is 0 Å². The molecule has 0 bridgehead atoms. The summed E-state index contributed by atoms with van der Waals surface area (Å²) in [4.78, 5) is 28.4. The van der Waals surface area contributed by atoms with Gasteiger partial charge in [-0.1, -0.05) is 6.42 Å². The van der Waals surface area contributed by atoms with Gasteiger partial charge in [-0.05, 0) is 57.7 Å². The number of rotatable bonds is 4. The van der Waals surface area contributed by atoms with Crippen molar-refractivity contribution in [1.29, 1.82) is 0 Å². The van der Waals surface area contributed by atoms with Crippen LogP contribution in [0.2, 0.25) is 0 Å². The van der Waals surface area contributed by atoms with E-state index < -0.39 is 0 Å². The largest absolute Gasteiger partial charge is 0.341 e. The summed E-state index contributed by atoms with van der Waals surface area (Å²) in [6.45, 7) is 5.71. The number of hydrogen-bond acceptors (Lipinski definition) is 4. The molecule has 3 rings (SSSR count). The molecule has 0 radical (unpaired) electrons. The molecule has 6 nitrogen and oxygen atoms in total. The van der Waals surface area contributed by atoms with Gasteiger partial charge in [-0.25, -0.2) is 4.68 Å². The van der Waals surface area contributed by atoms with Crippen molar-refractivity contribution in [2.75, 3.05) is 26.7 Å². The fourth-order valence-electron chi connectivity index (χ4n) is 4.02. The van der Waals surface area contributed by atoms with E-state index in [0.29, 0.717) is 24.3 Å². The molecular weight excluding hydrogens is 316 g/mol. The molecule has 1 aromatic rings. The van der Waals surface area contributed by atoms with Gasteiger partial charge >= 0.3 is 0 Å².